The average molecular weight is 289 g/mol. The number of nitrogens with one attached hydrogen (secondary N) is 1. The van der Waals surface area contributed by atoms with Gasteiger partial charge in [0.05, 0.1) is 26.1 Å². The van der Waals surface area contributed by atoms with Crippen LogP contribution >= 0.6 is 0 Å². The van der Waals surface area contributed by atoms with Crippen LogP contribution in [0.2, 0.25) is 0 Å². The summed E-state index contributed by atoms with van der Waals surface area (Å²) in [6, 6.07) is 9.99. The molecule has 0 saturated heterocycles. The smallest absolute Gasteiger partial charge is 0.307 e. The van der Waals surface area contributed by atoms with Crippen LogP contribution in [-0.2, 0) is 22.6 Å². The van der Waals surface area contributed by atoms with Crippen molar-refractivity contribution in [3.8, 4) is 0 Å². The van der Waals surface area contributed by atoms with Gasteiger partial charge in [-0.05, 0) is 22.9 Å². The summed E-state index contributed by atoms with van der Waals surface area (Å²) in [5.41, 5.74) is 1.14. The molecule has 2 rings (SSSR count). The number of rotatable bonds is 8. The van der Waals surface area contributed by atoms with Crippen molar-refractivity contribution in [3.05, 3.63) is 41.7 Å². The minimum absolute atomic E-state index is 0.200. The predicted molar refractivity (Wildman–Crippen MR) is 76.3 cm³/mol. The second-order valence-corrected chi connectivity index (χ2v) is 4.47. The van der Waals surface area contributed by atoms with Gasteiger partial charge in [0, 0.05) is 6.54 Å². The molecule has 0 radical (unpaired) electrons. The summed E-state index contributed by atoms with van der Waals surface area (Å²) in [5, 5.41) is 14.8. The molecule has 2 aromatic rings. The van der Waals surface area contributed by atoms with Crippen molar-refractivity contribution in [2.24, 2.45) is 0 Å². The molecular formula is C14H19N5O2. The minimum Gasteiger partial charge on any atom is -0.466 e. The Labute approximate surface area is 123 Å². The van der Waals surface area contributed by atoms with Crippen LogP contribution in [0.1, 0.15) is 24.7 Å². The fourth-order valence-corrected chi connectivity index (χ4v) is 1.85. The second kappa shape index (κ2) is 8.11. The number of carbonyl (C=O) groups is 1. The first-order valence-corrected chi connectivity index (χ1v) is 6.95. The van der Waals surface area contributed by atoms with E-state index in [9.17, 15) is 4.79 Å². The first-order valence-electron chi connectivity index (χ1n) is 6.95. The monoisotopic (exact) mass is 289 g/mol. The predicted octanol–water partition coefficient (Wildman–Crippen LogP) is 0.764. The number of esters is 1. The van der Waals surface area contributed by atoms with E-state index in [-0.39, 0.29) is 5.97 Å². The molecule has 0 amide bonds. The summed E-state index contributed by atoms with van der Waals surface area (Å²) in [6.07, 6.45) is 0.341. The zero-order valence-corrected chi connectivity index (χ0v) is 12.0. The van der Waals surface area contributed by atoms with Crippen molar-refractivity contribution < 1.29 is 9.53 Å². The lowest BCUT2D eigenvalue weighted by molar-refractivity contribution is -0.142. The number of aromatic nitrogens is 4. The third-order valence-electron chi connectivity index (χ3n) is 2.88. The number of hydrogen-bond acceptors (Lipinski definition) is 6. The van der Waals surface area contributed by atoms with Crippen LogP contribution < -0.4 is 5.32 Å². The highest BCUT2D eigenvalue weighted by Gasteiger charge is 2.07. The highest BCUT2D eigenvalue weighted by atomic mass is 16.5. The van der Waals surface area contributed by atoms with Crippen LogP contribution in [0.4, 0.5) is 0 Å². The highest BCUT2D eigenvalue weighted by molar-refractivity contribution is 5.69. The Morgan fingerprint density at radius 2 is 2.14 bits per heavy atom. The molecule has 0 fully saturated rings. The number of carbonyl (C=O) groups excluding carboxylic acids is 1. The van der Waals surface area contributed by atoms with E-state index in [1.165, 1.54) is 0 Å². The van der Waals surface area contributed by atoms with Crippen LogP contribution in [0.5, 0.6) is 0 Å². The van der Waals surface area contributed by atoms with Crippen molar-refractivity contribution in [1.82, 2.24) is 25.5 Å². The van der Waals surface area contributed by atoms with Gasteiger partial charge in [-0.3, -0.25) is 4.79 Å². The molecule has 0 unspecified atom stereocenters. The second-order valence-electron chi connectivity index (χ2n) is 4.47. The van der Waals surface area contributed by atoms with Crippen LogP contribution in [0.15, 0.2) is 30.3 Å². The van der Waals surface area contributed by atoms with Gasteiger partial charge in [0.1, 0.15) is 0 Å². The number of ether oxygens (including phenoxy) is 1. The molecule has 0 aliphatic heterocycles. The van der Waals surface area contributed by atoms with Crippen molar-refractivity contribution in [2.45, 2.75) is 26.4 Å². The molecule has 0 spiro atoms. The molecule has 1 aromatic carbocycles. The third kappa shape index (κ3) is 4.96. The number of hydrogen-bond donors (Lipinski definition) is 1. The van der Waals surface area contributed by atoms with Crippen molar-refractivity contribution in [2.75, 3.05) is 13.2 Å². The molecule has 1 N–H and O–H groups in total. The molecule has 7 nitrogen and oxygen atoms in total. The zero-order valence-electron chi connectivity index (χ0n) is 12.0. The maximum atomic E-state index is 11.2. The van der Waals surface area contributed by atoms with Gasteiger partial charge in [0.25, 0.3) is 0 Å². The molecule has 0 bridgehead atoms. The molecular weight excluding hydrogens is 270 g/mol. The van der Waals surface area contributed by atoms with Gasteiger partial charge < -0.3 is 10.1 Å². The third-order valence-corrected chi connectivity index (χ3v) is 2.88. The van der Waals surface area contributed by atoms with E-state index >= 15 is 0 Å². The summed E-state index contributed by atoms with van der Waals surface area (Å²) in [7, 11) is 0. The minimum atomic E-state index is -0.200. The molecule has 0 saturated carbocycles. The van der Waals surface area contributed by atoms with Gasteiger partial charge in [-0.15, -0.1) is 5.10 Å². The molecule has 0 aliphatic rings. The summed E-state index contributed by atoms with van der Waals surface area (Å²) in [5.74, 6) is 0.539. The maximum Gasteiger partial charge on any atom is 0.307 e. The molecule has 7 heteroatoms. The van der Waals surface area contributed by atoms with Gasteiger partial charge >= 0.3 is 5.97 Å². The van der Waals surface area contributed by atoms with Crippen LogP contribution in [0.25, 0.3) is 0 Å². The van der Waals surface area contributed by atoms with Gasteiger partial charge in [0.15, 0.2) is 5.82 Å². The van der Waals surface area contributed by atoms with Crippen LogP contribution in [-0.4, -0.2) is 39.3 Å². The first-order chi connectivity index (χ1) is 10.3. The Morgan fingerprint density at radius 1 is 1.33 bits per heavy atom. The molecule has 0 aliphatic carbocycles. The van der Waals surface area contributed by atoms with Crippen LogP contribution in [0.3, 0.4) is 0 Å². The summed E-state index contributed by atoms with van der Waals surface area (Å²) >= 11 is 0. The van der Waals surface area contributed by atoms with E-state index in [0.29, 0.717) is 32.7 Å². The Hall–Kier alpha value is -2.28. The first kappa shape index (κ1) is 15.1. The summed E-state index contributed by atoms with van der Waals surface area (Å²) in [4.78, 5) is 11.2. The maximum absolute atomic E-state index is 11.2. The average Bonchev–Trinajstić information content (AvgIpc) is 2.92. The standard InChI is InChI=1S/C14H19N5O2/c1-2-21-14(20)8-9-15-10-13-16-17-18-19(13)11-12-6-4-3-5-7-12/h3-7,15H,2,8-11H2,1H3. The largest absolute Gasteiger partial charge is 0.466 e. The van der Waals surface area contributed by atoms with Gasteiger partial charge in [-0.2, -0.15) is 0 Å². The van der Waals surface area contributed by atoms with E-state index < -0.39 is 0 Å². The van der Waals surface area contributed by atoms with E-state index in [2.05, 4.69) is 20.8 Å². The normalized spacial score (nSPS) is 10.5. The van der Waals surface area contributed by atoms with Gasteiger partial charge in [-0.1, -0.05) is 30.3 Å². The van der Waals surface area contributed by atoms with E-state index in [1.54, 1.807) is 11.6 Å². The molecule has 1 heterocycles. The fraction of sp³-hybridized carbons (Fsp3) is 0.429. The lowest BCUT2D eigenvalue weighted by Gasteiger charge is -2.06. The van der Waals surface area contributed by atoms with Gasteiger partial charge in [-0.25, -0.2) is 4.68 Å². The Morgan fingerprint density at radius 3 is 2.90 bits per heavy atom. The molecule has 21 heavy (non-hydrogen) atoms. The SMILES string of the molecule is CCOC(=O)CCNCc1nnnn1Cc1ccccc1. The summed E-state index contributed by atoms with van der Waals surface area (Å²) in [6.45, 7) is 3.89. The Bertz CT molecular complexity index is 556. The molecule has 1 aromatic heterocycles. The Balaban J connectivity index is 1.79. The highest BCUT2D eigenvalue weighted by Crippen LogP contribution is 2.02. The number of benzene rings is 1. The van der Waals surface area contributed by atoms with E-state index in [0.717, 1.165) is 11.4 Å². The van der Waals surface area contributed by atoms with E-state index in [4.69, 9.17) is 4.74 Å². The van der Waals surface area contributed by atoms with Crippen LogP contribution in [0, 0.1) is 0 Å². The summed E-state index contributed by atoms with van der Waals surface area (Å²) < 4.78 is 6.60. The van der Waals surface area contributed by atoms with Gasteiger partial charge in [0.2, 0.25) is 0 Å². The molecule has 112 valence electrons. The number of tetrazole rings is 1. The lowest BCUT2D eigenvalue weighted by Crippen LogP contribution is -2.21. The van der Waals surface area contributed by atoms with Crippen molar-refractivity contribution in [1.29, 1.82) is 0 Å². The zero-order chi connectivity index (χ0) is 14.9. The van der Waals surface area contributed by atoms with Crippen molar-refractivity contribution in [3.63, 3.8) is 0 Å². The van der Waals surface area contributed by atoms with Crippen molar-refractivity contribution >= 4 is 5.97 Å². The fourth-order valence-electron chi connectivity index (χ4n) is 1.85. The topological polar surface area (TPSA) is 81.9 Å². The molecule has 0 atom stereocenters. The quantitative estimate of drug-likeness (QED) is 0.571. The van der Waals surface area contributed by atoms with E-state index in [1.807, 2.05) is 30.3 Å². The lowest BCUT2D eigenvalue weighted by atomic mass is 10.2. The number of nitrogens with zero attached hydrogens (tertiary/aromatic N) is 4. The Kier molecular flexibility index (Phi) is 5.83.